The van der Waals surface area contributed by atoms with Crippen LogP contribution in [0.1, 0.15) is 42.1 Å². The summed E-state index contributed by atoms with van der Waals surface area (Å²) in [6.07, 6.45) is 6.52. The molecule has 13 nitrogen and oxygen atoms in total. The number of nitrogens with zero attached hydrogens (tertiary/aromatic N) is 6. The van der Waals surface area contributed by atoms with Crippen molar-refractivity contribution in [3.8, 4) is 5.88 Å². The van der Waals surface area contributed by atoms with E-state index in [2.05, 4.69) is 53.8 Å². The lowest BCUT2D eigenvalue weighted by atomic mass is 9.98. The van der Waals surface area contributed by atoms with Crippen LogP contribution in [0.15, 0.2) is 65.8 Å². The van der Waals surface area contributed by atoms with E-state index in [0.717, 1.165) is 17.5 Å². The van der Waals surface area contributed by atoms with E-state index < -0.39 is 0 Å². The number of hydrogen-bond donors (Lipinski definition) is 4. The van der Waals surface area contributed by atoms with E-state index in [4.69, 9.17) is 21.3 Å². The quantitative estimate of drug-likeness (QED) is 0.0930. The van der Waals surface area contributed by atoms with E-state index in [9.17, 15) is 9.59 Å². The van der Waals surface area contributed by atoms with Crippen LogP contribution in [0.4, 0.5) is 11.5 Å². The Bertz CT molecular complexity index is 1740. The molecule has 5 N–H and O–H groups in total. The zero-order chi connectivity index (χ0) is 34.9. The second-order valence-corrected chi connectivity index (χ2v) is 12.3. The van der Waals surface area contributed by atoms with Gasteiger partial charge in [0.05, 0.1) is 30.2 Å². The number of hydrogen-bond acceptors (Lipinski definition) is 9. The monoisotopic (exact) mass is 776 g/mol. The van der Waals surface area contributed by atoms with E-state index in [1.54, 1.807) is 42.4 Å². The second kappa shape index (κ2) is 16.6. The molecule has 1 fully saturated rings. The Kier molecular flexibility index (Phi) is 12.1. The normalized spacial score (nSPS) is 16.3. The van der Waals surface area contributed by atoms with E-state index in [1.165, 1.54) is 11.9 Å². The molecule has 1 aromatic carbocycles. The van der Waals surface area contributed by atoms with Crippen LogP contribution < -0.4 is 20.7 Å². The third-order valence-electron chi connectivity index (χ3n) is 8.63. The van der Waals surface area contributed by atoms with Crippen molar-refractivity contribution in [3.63, 3.8) is 0 Å². The smallest absolute Gasteiger partial charge is 0.237 e. The molecular weight excluding hydrogens is 735 g/mol. The first-order valence-electron chi connectivity index (χ1n) is 16.1. The molecule has 1 atom stereocenters. The summed E-state index contributed by atoms with van der Waals surface area (Å²) in [6.45, 7) is 4.87. The highest BCUT2D eigenvalue weighted by Crippen LogP contribution is 2.26. The van der Waals surface area contributed by atoms with E-state index in [0.29, 0.717) is 66.7 Å². The maximum Gasteiger partial charge on any atom is 0.237 e. The number of nitrogens with two attached hydrogens (primary N) is 1. The molecule has 0 spiro atoms. The average Bonchev–Trinajstić information content (AvgIpc) is 3.60. The summed E-state index contributed by atoms with van der Waals surface area (Å²) < 4.78 is 5.85. The molecule has 2 amide bonds. The van der Waals surface area contributed by atoms with Crippen LogP contribution in [0, 0.1) is 16.7 Å². The van der Waals surface area contributed by atoms with Crippen LogP contribution >= 0.6 is 22.6 Å². The Morgan fingerprint density at radius 3 is 2.57 bits per heavy atom. The SMILES string of the molecule is CCN(C(=O)[C@@H]1CCN(CC(=O)N2CC=C(c3ccc(C(=N)/N=C\NC)cc3)CC2)C1)c1ccc(N)c(C(=N)c2ccc(OCI)nc2)n1. The highest BCUT2D eigenvalue weighted by Gasteiger charge is 2.34. The van der Waals surface area contributed by atoms with Crippen molar-refractivity contribution in [2.24, 2.45) is 10.9 Å². The minimum absolute atomic E-state index is 0.0497. The van der Waals surface area contributed by atoms with Gasteiger partial charge in [-0.1, -0.05) is 30.3 Å². The van der Waals surface area contributed by atoms with Crippen molar-refractivity contribution in [1.29, 1.82) is 10.8 Å². The lowest BCUT2D eigenvalue weighted by Crippen LogP contribution is -2.42. The van der Waals surface area contributed by atoms with Gasteiger partial charge in [0.2, 0.25) is 17.7 Å². The van der Waals surface area contributed by atoms with Crippen LogP contribution in [0.5, 0.6) is 5.88 Å². The molecule has 0 radical (unpaired) electrons. The number of aliphatic imine (C=N–C) groups is 1. The number of likely N-dealkylation sites (tertiary alicyclic amines) is 1. The van der Waals surface area contributed by atoms with Crippen LogP contribution in [0.25, 0.3) is 5.57 Å². The molecule has 2 aliphatic heterocycles. The summed E-state index contributed by atoms with van der Waals surface area (Å²) >= 11 is 2.09. The predicted molar refractivity (Wildman–Crippen MR) is 201 cm³/mol. The lowest BCUT2D eigenvalue weighted by Gasteiger charge is -2.29. The van der Waals surface area contributed by atoms with Crippen molar-refractivity contribution in [2.45, 2.75) is 19.8 Å². The summed E-state index contributed by atoms with van der Waals surface area (Å²) in [7, 11) is 1.74. The summed E-state index contributed by atoms with van der Waals surface area (Å²) in [6, 6.07) is 14.6. The molecule has 1 saturated heterocycles. The standard InChI is InChI=1S/C35H41IN10O3/c1-3-46(29-10-9-28(37)33(43-29)32(38)26-8-11-30(41-18-26)49-21-36)35(48)27-12-15-44(19-27)20-31(47)45-16-13-24(14-17-45)23-4-6-25(7-5-23)34(39)42-22-40-2/h4-11,13,18,22,27,38H,3,12,14-17,19-21,37H2,1-2H3,(H2,39,40,42)/t27-/m1/s1. The van der Waals surface area contributed by atoms with Gasteiger partial charge in [-0.05, 0) is 78.2 Å². The summed E-state index contributed by atoms with van der Waals surface area (Å²) in [5.74, 6) is 0.801. The summed E-state index contributed by atoms with van der Waals surface area (Å²) in [5, 5.41) is 19.6. The van der Waals surface area contributed by atoms with Gasteiger partial charge in [-0.25, -0.2) is 15.0 Å². The van der Waals surface area contributed by atoms with Gasteiger partial charge in [0.15, 0.2) is 5.84 Å². The van der Waals surface area contributed by atoms with Gasteiger partial charge in [0.1, 0.15) is 16.1 Å². The van der Waals surface area contributed by atoms with Crippen molar-refractivity contribution >= 4 is 69.4 Å². The number of nitrogen functional groups attached to an aromatic ring is 1. The van der Waals surface area contributed by atoms with E-state index in [1.807, 2.05) is 36.1 Å². The summed E-state index contributed by atoms with van der Waals surface area (Å²) in [4.78, 5) is 45.5. The average molecular weight is 777 g/mol. The zero-order valence-electron chi connectivity index (χ0n) is 27.7. The molecule has 4 heterocycles. The number of halogens is 1. The maximum atomic E-state index is 13.7. The number of ether oxygens (including phenoxy) is 1. The number of carbonyl (C=O) groups is 2. The topological polar surface area (TPSA) is 177 Å². The minimum Gasteiger partial charge on any atom is -0.467 e. The number of pyridine rings is 2. The predicted octanol–water partition coefficient (Wildman–Crippen LogP) is 3.81. The highest BCUT2D eigenvalue weighted by atomic mass is 127. The molecule has 5 rings (SSSR count). The first kappa shape index (κ1) is 35.6. The van der Waals surface area contributed by atoms with Gasteiger partial charge >= 0.3 is 0 Å². The fourth-order valence-corrected chi connectivity index (χ4v) is 6.26. The molecule has 0 saturated carbocycles. The second-order valence-electron chi connectivity index (χ2n) is 11.7. The number of alkyl halides is 1. The maximum absolute atomic E-state index is 13.7. The highest BCUT2D eigenvalue weighted by molar-refractivity contribution is 14.1. The first-order chi connectivity index (χ1) is 23.7. The Balaban J connectivity index is 1.16. The number of aromatic nitrogens is 2. The van der Waals surface area contributed by atoms with Crippen molar-refractivity contribution in [2.75, 3.05) is 61.6 Å². The molecule has 2 aliphatic rings. The van der Waals surface area contributed by atoms with Gasteiger partial charge in [-0.2, -0.15) is 0 Å². The Morgan fingerprint density at radius 2 is 1.92 bits per heavy atom. The van der Waals surface area contributed by atoms with Crippen LogP contribution in [0.3, 0.4) is 0 Å². The summed E-state index contributed by atoms with van der Waals surface area (Å²) in [5.41, 5.74) is 10.5. The van der Waals surface area contributed by atoms with Crippen molar-refractivity contribution in [1.82, 2.24) is 25.1 Å². The Hall–Kier alpha value is -4.70. The third-order valence-corrected chi connectivity index (χ3v) is 8.94. The molecule has 0 unspecified atom stereocenters. The fourth-order valence-electron chi connectivity index (χ4n) is 5.94. The number of anilines is 2. The zero-order valence-corrected chi connectivity index (χ0v) is 29.8. The molecule has 14 heteroatoms. The molecule has 256 valence electrons. The Morgan fingerprint density at radius 1 is 1.14 bits per heavy atom. The lowest BCUT2D eigenvalue weighted by molar-refractivity contribution is -0.132. The van der Waals surface area contributed by atoms with Crippen LogP contribution in [-0.4, -0.2) is 100 Å². The van der Waals surface area contributed by atoms with Crippen molar-refractivity contribution in [3.05, 3.63) is 83.2 Å². The number of amides is 2. The molecular formula is C35H41IN10O3. The first-order valence-corrected chi connectivity index (χ1v) is 17.6. The third kappa shape index (κ3) is 8.67. The van der Waals surface area contributed by atoms with Gasteiger partial charge in [0.25, 0.3) is 0 Å². The minimum atomic E-state index is -0.272. The molecule has 3 aromatic rings. The molecule has 2 aromatic heterocycles. The van der Waals surface area contributed by atoms with Crippen LogP contribution in [-0.2, 0) is 9.59 Å². The van der Waals surface area contributed by atoms with E-state index in [-0.39, 0.29) is 41.5 Å². The van der Waals surface area contributed by atoms with Gasteiger partial charge in [0, 0.05) is 56.6 Å². The molecule has 49 heavy (non-hydrogen) atoms. The number of carbonyl (C=O) groups excluding carboxylic acids is 2. The molecule has 0 bridgehead atoms. The largest absolute Gasteiger partial charge is 0.467 e. The Labute approximate surface area is 299 Å². The van der Waals surface area contributed by atoms with Gasteiger partial charge in [-0.15, -0.1) is 0 Å². The number of benzene rings is 1. The fraction of sp³-hybridized carbons (Fsp3) is 0.343. The van der Waals surface area contributed by atoms with Crippen molar-refractivity contribution < 1.29 is 14.3 Å². The van der Waals surface area contributed by atoms with E-state index >= 15 is 0 Å². The van der Waals surface area contributed by atoms with Crippen LogP contribution in [0.2, 0.25) is 0 Å². The van der Waals surface area contributed by atoms with Gasteiger partial charge in [-0.3, -0.25) is 30.2 Å². The van der Waals surface area contributed by atoms with Gasteiger partial charge < -0.3 is 20.7 Å². The number of nitrogens with one attached hydrogen (secondary N) is 3. The molecule has 0 aliphatic carbocycles. The number of rotatable bonds is 12. The number of amidine groups is 1.